The predicted octanol–water partition coefficient (Wildman–Crippen LogP) is 2.38. The van der Waals surface area contributed by atoms with Gasteiger partial charge in [-0.25, -0.2) is 0 Å². The minimum Gasteiger partial charge on any atom is -0.369 e. The highest BCUT2D eigenvalue weighted by atomic mass is 35.5. The van der Waals surface area contributed by atoms with Crippen LogP contribution >= 0.6 is 11.6 Å². The molecule has 1 amide bonds. The molecule has 1 aromatic carbocycles. The maximum atomic E-state index is 12.2. The number of nitrogens with zero attached hydrogens (tertiary/aromatic N) is 2. The lowest BCUT2D eigenvalue weighted by molar-refractivity contribution is -0.126. The van der Waals surface area contributed by atoms with Crippen molar-refractivity contribution < 1.29 is 4.79 Å². The average Bonchev–Trinajstić information content (AvgIpc) is 3.37. The van der Waals surface area contributed by atoms with Crippen molar-refractivity contribution in [2.24, 2.45) is 5.92 Å². The number of carbonyl (C=O) groups is 1. The number of benzene rings is 1. The number of hydrogen-bond acceptors (Lipinski definition) is 3. The fraction of sp³-hybridized carbons (Fsp3) is 0.588. The molecule has 5 heteroatoms. The van der Waals surface area contributed by atoms with E-state index in [2.05, 4.69) is 27.2 Å². The molecule has 2 aliphatic rings. The first-order valence-electron chi connectivity index (χ1n) is 8.16. The molecule has 1 aliphatic heterocycles. The third-order valence-corrected chi connectivity index (χ3v) is 4.95. The number of carbonyl (C=O) groups excluding carboxylic acids is 1. The van der Waals surface area contributed by atoms with Crippen molar-refractivity contribution in [3.05, 3.63) is 29.3 Å². The van der Waals surface area contributed by atoms with Crippen LogP contribution in [0.1, 0.15) is 19.8 Å². The summed E-state index contributed by atoms with van der Waals surface area (Å²) in [6.45, 7) is 6.60. The Hall–Kier alpha value is -1.26. The Kier molecular flexibility index (Phi) is 4.89. The van der Waals surface area contributed by atoms with Crippen molar-refractivity contribution in [1.82, 2.24) is 10.2 Å². The van der Waals surface area contributed by atoms with Gasteiger partial charge < -0.3 is 10.2 Å². The van der Waals surface area contributed by atoms with E-state index in [9.17, 15) is 4.79 Å². The smallest absolute Gasteiger partial charge is 0.237 e. The summed E-state index contributed by atoms with van der Waals surface area (Å²) in [5, 5.41) is 3.85. The number of anilines is 1. The molecule has 2 fully saturated rings. The van der Waals surface area contributed by atoms with Crippen molar-refractivity contribution in [1.29, 1.82) is 0 Å². The van der Waals surface area contributed by atoms with Crippen LogP contribution in [0.15, 0.2) is 24.3 Å². The SMILES string of the molecule is C[C@@H](C(=O)NCC1CC1)N1CCN(c2ccc(Cl)cc2)CC1. The summed E-state index contributed by atoms with van der Waals surface area (Å²) in [5.74, 6) is 0.907. The van der Waals surface area contributed by atoms with E-state index < -0.39 is 0 Å². The highest BCUT2D eigenvalue weighted by molar-refractivity contribution is 6.30. The summed E-state index contributed by atoms with van der Waals surface area (Å²) in [6.07, 6.45) is 2.54. The lowest BCUT2D eigenvalue weighted by atomic mass is 10.2. The minimum atomic E-state index is -0.0360. The molecule has 0 bridgehead atoms. The van der Waals surface area contributed by atoms with Crippen molar-refractivity contribution >= 4 is 23.2 Å². The first-order valence-corrected chi connectivity index (χ1v) is 8.53. The Balaban J connectivity index is 1.47. The molecule has 1 heterocycles. The van der Waals surface area contributed by atoms with E-state index in [4.69, 9.17) is 11.6 Å². The quantitative estimate of drug-likeness (QED) is 0.904. The number of halogens is 1. The summed E-state index contributed by atoms with van der Waals surface area (Å²) >= 11 is 5.94. The second-order valence-corrected chi connectivity index (χ2v) is 6.80. The Morgan fingerprint density at radius 1 is 1.23 bits per heavy atom. The van der Waals surface area contributed by atoms with Gasteiger partial charge in [0.2, 0.25) is 5.91 Å². The molecule has 0 spiro atoms. The molecule has 120 valence electrons. The summed E-state index contributed by atoms with van der Waals surface area (Å²) in [7, 11) is 0. The summed E-state index contributed by atoms with van der Waals surface area (Å²) in [4.78, 5) is 16.8. The van der Waals surface area contributed by atoms with Gasteiger partial charge in [0.1, 0.15) is 0 Å². The number of amides is 1. The lowest BCUT2D eigenvalue weighted by Crippen LogP contribution is -2.54. The third kappa shape index (κ3) is 3.93. The first kappa shape index (κ1) is 15.6. The Bertz CT molecular complexity index is 507. The van der Waals surface area contributed by atoms with Gasteiger partial charge in [-0.1, -0.05) is 11.6 Å². The van der Waals surface area contributed by atoms with Crippen LogP contribution in [-0.2, 0) is 4.79 Å². The van der Waals surface area contributed by atoms with Crippen LogP contribution in [0.4, 0.5) is 5.69 Å². The van der Waals surface area contributed by atoms with E-state index in [-0.39, 0.29) is 11.9 Å². The molecular weight excluding hydrogens is 298 g/mol. The van der Waals surface area contributed by atoms with E-state index in [0.29, 0.717) is 0 Å². The van der Waals surface area contributed by atoms with Crippen LogP contribution in [0.3, 0.4) is 0 Å². The van der Waals surface area contributed by atoms with E-state index in [1.165, 1.54) is 18.5 Å². The molecule has 0 radical (unpaired) electrons. The van der Waals surface area contributed by atoms with Gasteiger partial charge >= 0.3 is 0 Å². The van der Waals surface area contributed by atoms with Crippen LogP contribution in [0.25, 0.3) is 0 Å². The molecule has 1 N–H and O–H groups in total. The van der Waals surface area contributed by atoms with E-state index >= 15 is 0 Å². The molecule has 4 nitrogen and oxygen atoms in total. The normalized spacial score (nSPS) is 20.7. The van der Waals surface area contributed by atoms with Crippen LogP contribution in [0.5, 0.6) is 0 Å². The van der Waals surface area contributed by atoms with Crippen LogP contribution < -0.4 is 10.2 Å². The van der Waals surface area contributed by atoms with Crippen molar-refractivity contribution in [3.8, 4) is 0 Å². The molecule has 1 aromatic rings. The second-order valence-electron chi connectivity index (χ2n) is 6.36. The van der Waals surface area contributed by atoms with Crippen LogP contribution in [0.2, 0.25) is 5.02 Å². The molecule has 0 unspecified atom stereocenters. The average molecular weight is 322 g/mol. The fourth-order valence-corrected chi connectivity index (χ4v) is 3.03. The topological polar surface area (TPSA) is 35.6 Å². The van der Waals surface area contributed by atoms with Gasteiger partial charge in [-0.05, 0) is 49.9 Å². The second kappa shape index (κ2) is 6.88. The summed E-state index contributed by atoms with van der Waals surface area (Å²) < 4.78 is 0. The molecule has 1 aliphatic carbocycles. The van der Waals surface area contributed by atoms with Gasteiger partial charge in [0.25, 0.3) is 0 Å². The monoisotopic (exact) mass is 321 g/mol. The van der Waals surface area contributed by atoms with E-state index in [0.717, 1.165) is 43.7 Å². The van der Waals surface area contributed by atoms with E-state index in [1.54, 1.807) is 0 Å². The Morgan fingerprint density at radius 3 is 2.45 bits per heavy atom. The molecule has 1 atom stereocenters. The maximum Gasteiger partial charge on any atom is 0.237 e. The summed E-state index contributed by atoms with van der Waals surface area (Å²) in [5.41, 5.74) is 1.20. The van der Waals surface area contributed by atoms with Gasteiger partial charge in [-0.15, -0.1) is 0 Å². The molecular formula is C17H24ClN3O. The standard InChI is InChI=1S/C17H24ClN3O/c1-13(17(22)19-12-14-2-3-14)20-8-10-21(11-9-20)16-6-4-15(18)5-7-16/h4-7,13-14H,2-3,8-12H2,1H3,(H,19,22)/t13-/m0/s1. The number of piperazine rings is 1. The van der Waals surface area contributed by atoms with Crippen molar-refractivity contribution in [2.45, 2.75) is 25.8 Å². The molecule has 22 heavy (non-hydrogen) atoms. The number of rotatable bonds is 5. The zero-order valence-corrected chi connectivity index (χ0v) is 13.9. The van der Waals surface area contributed by atoms with Gasteiger partial charge in [0.05, 0.1) is 6.04 Å². The highest BCUT2D eigenvalue weighted by Crippen LogP contribution is 2.27. The minimum absolute atomic E-state index is 0.0360. The van der Waals surface area contributed by atoms with Crippen LogP contribution in [-0.4, -0.2) is 49.6 Å². The van der Waals surface area contributed by atoms with Crippen molar-refractivity contribution in [2.75, 3.05) is 37.6 Å². The largest absolute Gasteiger partial charge is 0.369 e. The number of nitrogens with one attached hydrogen (secondary N) is 1. The maximum absolute atomic E-state index is 12.2. The Labute approximate surface area is 137 Å². The Morgan fingerprint density at radius 2 is 1.86 bits per heavy atom. The van der Waals surface area contributed by atoms with Crippen LogP contribution in [0, 0.1) is 5.92 Å². The fourth-order valence-electron chi connectivity index (χ4n) is 2.90. The first-order chi connectivity index (χ1) is 10.6. The van der Waals surface area contributed by atoms with E-state index in [1.807, 2.05) is 19.1 Å². The van der Waals surface area contributed by atoms with Gasteiger partial charge in [-0.3, -0.25) is 9.69 Å². The zero-order valence-electron chi connectivity index (χ0n) is 13.1. The highest BCUT2D eigenvalue weighted by Gasteiger charge is 2.27. The molecule has 1 saturated carbocycles. The zero-order chi connectivity index (χ0) is 15.5. The van der Waals surface area contributed by atoms with Gasteiger partial charge in [0, 0.05) is 43.4 Å². The third-order valence-electron chi connectivity index (χ3n) is 4.70. The molecule has 1 saturated heterocycles. The molecule has 3 rings (SSSR count). The predicted molar refractivity (Wildman–Crippen MR) is 90.4 cm³/mol. The van der Waals surface area contributed by atoms with Gasteiger partial charge in [0.15, 0.2) is 0 Å². The summed E-state index contributed by atoms with van der Waals surface area (Å²) in [6, 6.07) is 7.94. The molecule has 0 aromatic heterocycles. The van der Waals surface area contributed by atoms with Gasteiger partial charge in [-0.2, -0.15) is 0 Å². The lowest BCUT2D eigenvalue weighted by Gasteiger charge is -2.38. The number of hydrogen-bond donors (Lipinski definition) is 1. The van der Waals surface area contributed by atoms with Crippen molar-refractivity contribution in [3.63, 3.8) is 0 Å².